The first-order valence-electron chi connectivity index (χ1n) is 4.97. The molecular formula is C11H8F2N2OS2. The van der Waals surface area contributed by atoms with Gasteiger partial charge in [0.2, 0.25) is 0 Å². The lowest BCUT2D eigenvalue weighted by atomic mass is 10.1. The molecule has 2 rings (SSSR count). The third kappa shape index (κ3) is 3.11. The average molecular weight is 286 g/mol. The maximum absolute atomic E-state index is 13.3. The van der Waals surface area contributed by atoms with E-state index in [1.807, 2.05) is 0 Å². The highest BCUT2D eigenvalue weighted by Gasteiger charge is 2.14. The van der Waals surface area contributed by atoms with Gasteiger partial charge in [0, 0.05) is 0 Å². The van der Waals surface area contributed by atoms with Gasteiger partial charge in [-0.3, -0.25) is 4.79 Å². The van der Waals surface area contributed by atoms with Crippen LogP contribution in [-0.2, 0) is 0 Å². The molecule has 7 heteroatoms. The van der Waals surface area contributed by atoms with Gasteiger partial charge in [0.05, 0.1) is 11.3 Å². The Kier molecular flexibility index (Phi) is 4.03. The molecule has 0 radical (unpaired) electrons. The molecule has 18 heavy (non-hydrogen) atoms. The molecule has 1 heterocycles. The number of aromatic nitrogens is 2. The lowest BCUT2D eigenvalue weighted by Crippen LogP contribution is -2.05. The summed E-state index contributed by atoms with van der Waals surface area (Å²) < 4.78 is 26.9. The van der Waals surface area contributed by atoms with Gasteiger partial charge in [-0.05, 0) is 25.1 Å². The van der Waals surface area contributed by atoms with E-state index in [1.54, 1.807) is 6.92 Å². The van der Waals surface area contributed by atoms with Crippen LogP contribution in [0.3, 0.4) is 0 Å². The van der Waals surface area contributed by atoms with Crippen molar-refractivity contribution in [2.75, 3.05) is 5.75 Å². The van der Waals surface area contributed by atoms with Crippen LogP contribution in [0.5, 0.6) is 0 Å². The van der Waals surface area contributed by atoms with Gasteiger partial charge in [0.15, 0.2) is 10.1 Å². The molecule has 0 aliphatic carbocycles. The van der Waals surface area contributed by atoms with E-state index >= 15 is 0 Å². The van der Waals surface area contributed by atoms with Crippen molar-refractivity contribution >= 4 is 28.9 Å². The monoisotopic (exact) mass is 286 g/mol. The first-order chi connectivity index (χ1) is 8.56. The smallest absolute Gasteiger partial charge is 0.176 e. The van der Waals surface area contributed by atoms with Gasteiger partial charge in [-0.2, -0.15) is 0 Å². The number of halogens is 2. The summed E-state index contributed by atoms with van der Waals surface area (Å²) in [5, 5.41) is 8.43. The lowest BCUT2D eigenvalue weighted by Gasteiger charge is -2.01. The van der Waals surface area contributed by atoms with Crippen LogP contribution >= 0.6 is 23.1 Å². The second-order valence-electron chi connectivity index (χ2n) is 3.42. The molecule has 0 saturated carbocycles. The summed E-state index contributed by atoms with van der Waals surface area (Å²) in [6, 6.07) is 2.83. The minimum Gasteiger partial charge on any atom is -0.293 e. The van der Waals surface area contributed by atoms with Crippen LogP contribution in [0.4, 0.5) is 8.78 Å². The van der Waals surface area contributed by atoms with Crippen LogP contribution in [-0.4, -0.2) is 21.7 Å². The highest BCUT2D eigenvalue weighted by atomic mass is 32.2. The van der Waals surface area contributed by atoms with Crippen molar-refractivity contribution in [3.05, 3.63) is 40.4 Å². The van der Waals surface area contributed by atoms with Crippen molar-refractivity contribution < 1.29 is 13.6 Å². The fraction of sp³-hybridized carbons (Fsp3) is 0.182. The molecule has 0 bridgehead atoms. The predicted octanol–water partition coefficient (Wildman–Crippen LogP) is 3.10. The standard InChI is InChI=1S/C11H8F2N2OS2/c1-6-14-15-11(18-6)17-5-10(16)8-4-7(12)2-3-9(8)13/h2-4H,5H2,1H3. The van der Waals surface area contributed by atoms with E-state index in [1.165, 1.54) is 23.1 Å². The van der Waals surface area contributed by atoms with Crippen LogP contribution in [0.2, 0.25) is 0 Å². The van der Waals surface area contributed by atoms with E-state index in [9.17, 15) is 13.6 Å². The largest absolute Gasteiger partial charge is 0.293 e. The highest BCUT2D eigenvalue weighted by Crippen LogP contribution is 2.23. The van der Waals surface area contributed by atoms with Crippen LogP contribution in [0.15, 0.2) is 22.5 Å². The van der Waals surface area contributed by atoms with Gasteiger partial charge < -0.3 is 0 Å². The molecule has 0 atom stereocenters. The van der Waals surface area contributed by atoms with Gasteiger partial charge in [-0.15, -0.1) is 10.2 Å². The molecular weight excluding hydrogens is 278 g/mol. The normalized spacial score (nSPS) is 10.6. The van der Waals surface area contributed by atoms with Gasteiger partial charge in [-0.1, -0.05) is 23.1 Å². The Labute approximate surface area is 110 Å². The highest BCUT2D eigenvalue weighted by molar-refractivity contribution is 8.01. The summed E-state index contributed by atoms with van der Waals surface area (Å²) in [4.78, 5) is 11.7. The SMILES string of the molecule is Cc1nnc(SCC(=O)c2cc(F)ccc2F)s1. The summed E-state index contributed by atoms with van der Waals surface area (Å²) in [5.41, 5.74) is -0.233. The second-order valence-corrected chi connectivity index (χ2v) is 5.83. The summed E-state index contributed by atoms with van der Waals surface area (Å²) in [5.74, 6) is -1.80. The molecule has 0 N–H and O–H groups in total. The molecule has 3 nitrogen and oxygen atoms in total. The van der Waals surface area contributed by atoms with Crippen molar-refractivity contribution in [2.45, 2.75) is 11.3 Å². The van der Waals surface area contributed by atoms with Crippen LogP contribution in [0.25, 0.3) is 0 Å². The molecule has 0 amide bonds. The number of Topliss-reactive ketones (excluding diaryl/α,β-unsaturated/α-hetero) is 1. The van der Waals surface area contributed by atoms with Gasteiger partial charge >= 0.3 is 0 Å². The molecule has 0 spiro atoms. The Morgan fingerprint density at radius 1 is 1.39 bits per heavy atom. The Hall–Kier alpha value is -1.34. The Morgan fingerprint density at radius 2 is 2.17 bits per heavy atom. The van der Waals surface area contributed by atoms with Crippen molar-refractivity contribution in [3.8, 4) is 0 Å². The molecule has 0 unspecified atom stereocenters. The van der Waals surface area contributed by atoms with E-state index in [0.29, 0.717) is 4.34 Å². The number of ketones is 1. The molecule has 1 aromatic heterocycles. The Morgan fingerprint density at radius 3 is 2.83 bits per heavy atom. The number of thioether (sulfide) groups is 1. The van der Waals surface area contributed by atoms with E-state index < -0.39 is 17.4 Å². The zero-order chi connectivity index (χ0) is 13.1. The third-order valence-corrected chi connectivity index (χ3v) is 4.04. The van der Waals surface area contributed by atoms with Gasteiger partial charge in [-0.25, -0.2) is 8.78 Å². The Balaban J connectivity index is 2.05. The van der Waals surface area contributed by atoms with Crippen LogP contribution in [0, 0.1) is 18.6 Å². The van der Waals surface area contributed by atoms with Crippen molar-refractivity contribution in [1.82, 2.24) is 10.2 Å². The average Bonchev–Trinajstić information content (AvgIpc) is 2.75. The minimum atomic E-state index is -0.713. The number of carbonyl (C=O) groups is 1. The van der Waals surface area contributed by atoms with E-state index in [-0.39, 0.29) is 11.3 Å². The van der Waals surface area contributed by atoms with Crippen molar-refractivity contribution in [2.24, 2.45) is 0 Å². The maximum atomic E-state index is 13.3. The number of benzene rings is 1. The van der Waals surface area contributed by atoms with Gasteiger partial charge in [0.1, 0.15) is 16.6 Å². The van der Waals surface area contributed by atoms with Crippen molar-refractivity contribution in [1.29, 1.82) is 0 Å². The fourth-order valence-electron chi connectivity index (χ4n) is 1.25. The van der Waals surface area contributed by atoms with E-state index in [0.717, 1.165) is 23.2 Å². The molecule has 0 aliphatic rings. The first-order valence-corrected chi connectivity index (χ1v) is 6.77. The fourth-order valence-corrected chi connectivity index (χ4v) is 2.95. The lowest BCUT2D eigenvalue weighted by molar-refractivity contribution is 0.101. The van der Waals surface area contributed by atoms with E-state index in [4.69, 9.17) is 0 Å². The molecule has 0 fully saturated rings. The van der Waals surface area contributed by atoms with Crippen LogP contribution < -0.4 is 0 Å². The number of hydrogen-bond acceptors (Lipinski definition) is 5. The topological polar surface area (TPSA) is 42.9 Å². The summed E-state index contributed by atoms with van der Waals surface area (Å²) in [7, 11) is 0. The van der Waals surface area contributed by atoms with E-state index in [2.05, 4.69) is 10.2 Å². The van der Waals surface area contributed by atoms with Gasteiger partial charge in [0.25, 0.3) is 0 Å². The first kappa shape index (κ1) is 13.1. The number of hydrogen-bond donors (Lipinski definition) is 0. The molecule has 1 aromatic carbocycles. The number of rotatable bonds is 4. The zero-order valence-electron chi connectivity index (χ0n) is 9.31. The Bertz CT molecular complexity index is 586. The number of nitrogens with zero attached hydrogens (tertiary/aromatic N) is 2. The van der Waals surface area contributed by atoms with Crippen molar-refractivity contribution in [3.63, 3.8) is 0 Å². The number of carbonyl (C=O) groups excluding carboxylic acids is 1. The second kappa shape index (κ2) is 5.53. The summed E-state index contributed by atoms with van der Waals surface area (Å²) in [6.07, 6.45) is 0. The minimum absolute atomic E-state index is 0.00894. The quantitative estimate of drug-likeness (QED) is 0.640. The molecule has 2 aromatic rings. The molecule has 0 saturated heterocycles. The molecule has 0 aliphatic heterocycles. The predicted molar refractivity (Wildman–Crippen MR) is 66.1 cm³/mol. The third-order valence-electron chi connectivity index (χ3n) is 2.06. The zero-order valence-corrected chi connectivity index (χ0v) is 10.9. The summed E-state index contributed by atoms with van der Waals surface area (Å²) >= 11 is 2.52. The maximum Gasteiger partial charge on any atom is 0.176 e. The summed E-state index contributed by atoms with van der Waals surface area (Å²) in [6.45, 7) is 1.80. The van der Waals surface area contributed by atoms with Crippen LogP contribution in [0.1, 0.15) is 15.4 Å². The number of aryl methyl sites for hydroxylation is 1. The molecule has 94 valence electrons.